The van der Waals surface area contributed by atoms with Crippen molar-refractivity contribution in [3.05, 3.63) is 104 Å². The van der Waals surface area contributed by atoms with Crippen molar-refractivity contribution in [2.75, 3.05) is 0 Å². The predicted octanol–water partition coefficient (Wildman–Crippen LogP) is 8.79. The summed E-state index contributed by atoms with van der Waals surface area (Å²) in [6.07, 6.45) is -1.26. The third-order valence-corrected chi connectivity index (χ3v) is 7.54. The van der Waals surface area contributed by atoms with E-state index in [1.165, 1.54) is 24.3 Å². The first kappa shape index (κ1) is 30.7. The molecule has 0 aliphatic rings. The number of hydrogen-bond donors (Lipinski definition) is 3. The lowest BCUT2D eigenvalue weighted by Gasteiger charge is -2.18. The maximum atomic E-state index is 12.8. The van der Waals surface area contributed by atoms with Gasteiger partial charge in [0.15, 0.2) is 0 Å². The SMILES string of the molecule is O=C(O)NCc1nc(-c2ccc(Br)cc2)c(-c2ccc(Cl)cc2Cl)cc1CNC(=O)c1ccc(SC(F)(F)F)cc1. The summed E-state index contributed by atoms with van der Waals surface area (Å²) < 4.78 is 38.7. The van der Waals surface area contributed by atoms with Gasteiger partial charge in [-0.1, -0.05) is 57.3 Å². The van der Waals surface area contributed by atoms with Crippen molar-refractivity contribution in [1.29, 1.82) is 0 Å². The average molecular weight is 685 g/mol. The van der Waals surface area contributed by atoms with E-state index >= 15 is 0 Å². The third-order valence-electron chi connectivity index (χ3n) is 5.73. The van der Waals surface area contributed by atoms with Gasteiger partial charge in [0.05, 0.1) is 17.9 Å². The van der Waals surface area contributed by atoms with Crippen molar-refractivity contribution in [2.45, 2.75) is 23.5 Å². The van der Waals surface area contributed by atoms with Crippen molar-refractivity contribution >= 4 is 62.9 Å². The molecule has 0 bridgehead atoms. The predicted molar refractivity (Wildman–Crippen MR) is 157 cm³/mol. The topological polar surface area (TPSA) is 91.3 Å². The van der Waals surface area contributed by atoms with E-state index in [-0.39, 0.29) is 35.3 Å². The lowest BCUT2D eigenvalue weighted by atomic mass is 9.96. The Hall–Kier alpha value is -3.25. The van der Waals surface area contributed by atoms with E-state index < -0.39 is 17.5 Å². The molecule has 13 heteroatoms. The Morgan fingerprint density at radius 3 is 2.20 bits per heavy atom. The second-order valence-electron chi connectivity index (χ2n) is 8.53. The maximum absolute atomic E-state index is 12.8. The highest BCUT2D eigenvalue weighted by Crippen LogP contribution is 2.38. The molecule has 0 saturated carbocycles. The Kier molecular flexibility index (Phi) is 9.85. The molecule has 2 amide bonds. The van der Waals surface area contributed by atoms with Gasteiger partial charge in [0, 0.05) is 48.2 Å². The number of aromatic nitrogens is 1. The van der Waals surface area contributed by atoms with Gasteiger partial charge >= 0.3 is 11.6 Å². The van der Waals surface area contributed by atoms with E-state index in [0.717, 1.165) is 10.0 Å². The minimum Gasteiger partial charge on any atom is -0.465 e. The molecule has 3 aromatic carbocycles. The molecule has 0 spiro atoms. The molecule has 0 atom stereocenters. The highest BCUT2D eigenvalue weighted by molar-refractivity contribution is 9.10. The summed E-state index contributed by atoms with van der Waals surface area (Å²) in [6, 6.07) is 19.2. The number of thioether (sulfide) groups is 1. The fraction of sp³-hybridized carbons (Fsp3) is 0.107. The van der Waals surface area contributed by atoms with Gasteiger partial charge in [-0.3, -0.25) is 4.79 Å². The van der Waals surface area contributed by atoms with Crippen molar-refractivity contribution in [1.82, 2.24) is 15.6 Å². The molecule has 0 aliphatic carbocycles. The summed E-state index contributed by atoms with van der Waals surface area (Å²) in [7, 11) is 0. The van der Waals surface area contributed by atoms with Gasteiger partial charge in [0.25, 0.3) is 5.91 Å². The van der Waals surface area contributed by atoms with E-state index in [0.29, 0.717) is 38.1 Å². The average Bonchev–Trinajstić information content (AvgIpc) is 2.90. The second-order valence-corrected chi connectivity index (χ2v) is 11.4. The molecule has 6 nitrogen and oxygen atoms in total. The van der Waals surface area contributed by atoms with Crippen LogP contribution >= 0.6 is 50.9 Å². The molecule has 3 N–H and O–H groups in total. The van der Waals surface area contributed by atoms with Crippen molar-refractivity contribution in [2.24, 2.45) is 0 Å². The first-order chi connectivity index (χ1) is 19.4. The summed E-state index contributed by atoms with van der Waals surface area (Å²) in [4.78, 5) is 28.9. The Morgan fingerprint density at radius 2 is 1.59 bits per heavy atom. The van der Waals surface area contributed by atoms with Crippen LogP contribution in [0.15, 0.2) is 82.2 Å². The van der Waals surface area contributed by atoms with Crippen LogP contribution in [-0.4, -0.2) is 27.6 Å². The Labute approximate surface area is 255 Å². The zero-order valence-corrected chi connectivity index (χ0v) is 24.6. The van der Waals surface area contributed by atoms with E-state index in [9.17, 15) is 27.9 Å². The highest BCUT2D eigenvalue weighted by Gasteiger charge is 2.29. The summed E-state index contributed by atoms with van der Waals surface area (Å²) in [5.41, 5.74) is -0.938. The van der Waals surface area contributed by atoms with Gasteiger partial charge in [-0.2, -0.15) is 13.2 Å². The molecule has 41 heavy (non-hydrogen) atoms. The van der Waals surface area contributed by atoms with Gasteiger partial charge < -0.3 is 15.7 Å². The number of carboxylic acid groups (broad SMARTS) is 1. The molecule has 0 unspecified atom stereocenters. The van der Waals surface area contributed by atoms with E-state index in [2.05, 4.69) is 26.6 Å². The largest absolute Gasteiger partial charge is 0.465 e. The maximum Gasteiger partial charge on any atom is 0.446 e. The Balaban J connectivity index is 1.72. The number of halogens is 6. The van der Waals surface area contributed by atoms with Crippen LogP contribution in [0.1, 0.15) is 21.6 Å². The van der Waals surface area contributed by atoms with Gasteiger partial charge in [-0.05, 0) is 71.9 Å². The van der Waals surface area contributed by atoms with Crippen LogP contribution in [0.2, 0.25) is 10.0 Å². The van der Waals surface area contributed by atoms with Crippen molar-refractivity contribution in [3.63, 3.8) is 0 Å². The van der Waals surface area contributed by atoms with Crippen LogP contribution in [0.4, 0.5) is 18.0 Å². The Morgan fingerprint density at radius 1 is 0.902 bits per heavy atom. The van der Waals surface area contributed by atoms with Crippen molar-refractivity contribution in [3.8, 4) is 22.4 Å². The number of nitrogens with zero attached hydrogens (tertiary/aromatic N) is 1. The number of amides is 2. The van der Waals surface area contributed by atoms with E-state index in [1.807, 2.05) is 24.3 Å². The number of pyridine rings is 1. The van der Waals surface area contributed by atoms with E-state index in [4.69, 9.17) is 28.2 Å². The molecule has 0 radical (unpaired) electrons. The first-order valence-electron chi connectivity index (χ1n) is 11.7. The lowest BCUT2D eigenvalue weighted by Crippen LogP contribution is -2.26. The molecule has 212 valence electrons. The normalized spacial score (nSPS) is 11.3. The standard InChI is InChI=1S/C28H19BrCl2F3N3O3S/c29-18-5-1-15(2-6-18)25-22(21-10-7-19(30)12-23(21)31)11-17(24(37-25)14-36-27(39)40)13-35-26(38)16-3-8-20(9-4-16)41-28(32,33)34/h1-12,36H,13-14H2,(H,35,38)(H,39,40). The summed E-state index contributed by atoms with van der Waals surface area (Å²) in [5.74, 6) is -0.534. The zero-order chi connectivity index (χ0) is 29.7. The molecule has 1 heterocycles. The molecule has 0 aliphatic heterocycles. The fourth-order valence-corrected chi connectivity index (χ4v) is 5.20. The van der Waals surface area contributed by atoms with Crippen LogP contribution < -0.4 is 10.6 Å². The first-order valence-corrected chi connectivity index (χ1v) is 14.1. The van der Waals surface area contributed by atoms with Crippen LogP contribution in [0, 0.1) is 0 Å². The minimum atomic E-state index is -4.44. The number of nitrogens with one attached hydrogen (secondary N) is 2. The molecular weight excluding hydrogens is 666 g/mol. The number of benzene rings is 3. The molecule has 4 rings (SSSR count). The molecule has 0 fully saturated rings. The van der Waals surface area contributed by atoms with Gasteiger partial charge in [0.2, 0.25) is 0 Å². The monoisotopic (exact) mass is 683 g/mol. The smallest absolute Gasteiger partial charge is 0.446 e. The quantitative estimate of drug-likeness (QED) is 0.161. The van der Waals surface area contributed by atoms with Crippen LogP contribution in [0.3, 0.4) is 0 Å². The van der Waals surface area contributed by atoms with E-state index in [1.54, 1.807) is 24.3 Å². The lowest BCUT2D eigenvalue weighted by molar-refractivity contribution is -0.0328. The molecule has 0 saturated heterocycles. The fourth-order valence-electron chi connectivity index (χ4n) is 3.88. The molecule has 4 aromatic rings. The molecule has 1 aromatic heterocycles. The molecular formula is C28H19BrCl2F3N3O3S. The summed E-state index contributed by atoms with van der Waals surface area (Å²) in [5, 5.41) is 15.1. The number of carbonyl (C=O) groups is 2. The highest BCUT2D eigenvalue weighted by atomic mass is 79.9. The Bertz CT molecular complexity index is 1590. The summed E-state index contributed by atoms with van der Waals surface area (Å²) >= 11 is 15.8. The zero-order valence-electron chi connectivity index (χ0n) is 20.7. The number of rotatable bonds is 8. The van der Waals surface area contributed by atoms with Gasteiger partial charge in [-0.25, -0.2) is 9.78 Å². The second kappa shape index (κ2) is 13.2. The summed E-state index contributed by atoms with van der Waals surface area (Å²) in [6.45, 7) is -0.206. The van der Waals surface area contributed by atoms with Gasteiger partial charge in [0.1, 0.15) is 0 Å². The van der Waals surface area contributed by atoms with Gasteiger partial charge in [-0.15, -0.1) is 0 Å². The van der Waals surface area contributed by atoms with Crippen LogP contribution in [-0.2, 0) is 13.1 Å². The van der Waals surface area contributed by atoms with Crippen molar-refractivity contribution < 1.29 is 27.9 Å². The number of alkyl halides is 3. The number of carbonyl (C=O) groups excluding carboxylic acids is 1. The van der Waals surface area contributed by atoms with Crippen LogP contribution in [0.5, 0.6) is 0 Å². The third kappa shape index (κ3) is 8.38. The minimum absolute atomic E-state index is 0.0479. The number of hydrogen-bond acceptors (Lipinski definition) is 4. The van der Waals surface area contributed by atoms with Crippen LogP contribution in [0.25, 0.3) is 22.4 Å².